The van der Waals surface area contributed by atoms with Crippen LogP contribution in [0.15, 0.2) is 30.5 Å². The van der Waals surface area contributed by atoms with Crippen LogP contribution in [0.3, 0.4) is 0 Å². The van der Waals surface area contributed by atoms with E-state index in [9.17, 15) is 0 Å². The fourth-order valence-corrected chi connectivity index (χ4v) is 2.49. The zero-order chi connectivity index (χ0) is 14.5. The van der Waals surface area contributed by atoms with Gasteiger partial charge in [0.15, 0.2) is 0 Å². The van der Waals surface area contributed by atoms with Gasteiger partial charge in [-0.1, -0.05) is 30.4 Å². The number of thiocarbonyl (C=S) groups is 1. The van der Waals surface area contributed by atoms with Crippen LogP contribution in [0.1, 0.15) is 18.9 Å². The summed E-state index contributed by atoms with van der Waals surface area (Å²) in [6.45, 7) is 3.83. The third-order valence-electron chi connectivity index (χ3n) is 3.30. The smallest absolute Gasteiger partial charge is 0.107 e. The van der Waals surface area contributed by atoms with E-state index in [0.29, 0.717) is 11.4 Å². The molecular weight excluding hydrogens is 270 g/mol. The zero-order valence-electron chi connectivity index (χ0n) is 11.5. The summed E-state index contributed by atoms with van der Waals surface area (Å²) < 4.78 is 0. The Morgan fingerprint density at radius 1 is 1.40 bits per heavy atom. The van der Waals surface area contributed by atoms with Gasteiger partial charge in [-0.25, -0.2) is 0 Å². The van der Waals surface area contributed by atoms with Crippen LogP contribution >= 0.6 is 12.2 Å². The Kier molecular flexibility index (Phi) is 4.87. The fraction of sp³-hybridized carbons (Fsp3) is 0.333. The molecule has 0 aliphatic rings. The van der Waals surface area contributed by atoms with Crippen LogP contribution in [0.5, 0.6) is 0 Å². The summed E-state index contributed by atoms with van der Waals surface area (Å²) in [6, 6.07) is 7.95. The van der Waals surface area contributed by atoms with Crippen LogP contribution in [0, 0.1) is 0 Å². The summed E-state index contributed by atoms with van der Waals surface area (Å²) in [4.78, 5) is 6.95. The molecule has 1 aromatic heterocycles. The average Bonchev–Trinajstić information content (AvgIpc) is 2.47. The molecule has 0 aliphatic carbocycles. The number of nitrogens with two attached hydrogens (primary N) is 1. The number of aromatic nitrogens is 1. The number of hydrogen-bond acceptors (Lipinski definition) is 4. The molecule has 0 spiro atoms. The first-order chi connectivity index (χ1) is 9.69. The van der Waals surface area contributed by atoms with Crippen LogP contribution < -0.4 is 10.6 Å². The lowest BCUT2D eigenvalue weighted by molar-refractivity contribution is 0.289. The molecule has 0 fully saturated rings. The molecule has 3 N–H and O–H groups in total. The number of fused-ring (bicyclic) bond motifs is 1. The summed E-state index contributed by atoms with van der Waals surface area (Å²) in [7, 11) is 0. The van der Waals surface area contributed by atoms with Crippen LogP contribution in [0.25, 0.3) is 10.9 Å². The average molecular weight is 289 g/mol. The minimum absolute atomic E-state index is 0.169. The minimum atomic E-state index is 0.169. The molecule has 0 amide bonds. The van der Waals surface area contributed by atoms with Crippen molar-refractivity contribution < 1.29 is 5.11 Å². The molecule has 1 aromatic carbocycles. The van der Waals surface area contributed by atoms with Gasteiger partial charge < -0.3 is 15.7 Å². The lowest BCUT2D eigenvalue weighted by Gasteiger charge is -2.26. The van der Waals surface area contributed by atoms with Gasteiger partial charge in [0, 0.05) is 31.3 Å². The third-order valence-corrected chi connectivity index (χ3v) is 3.52. The van der Waals surface area contributed by atoms with E-state index in [1.807, 2.05) is 24.3 Å². The molecule has 0 atom stereocenters. The van der Waals surface area contributed by atoms with E-state index in [2.05, 4.69) is 16.8 Å². The Morgan fingerprint density at radius 3 is 2.80 bits per heavy atom. The van der Waals surface area contributed by atoms with Crippen molar-refractivity contribution in [2.75, 3.05) is 24.6 Å². The second-order valence-electron chi connectivity index (χ2n) is 4.56. The van der Waals surface area contributed by atoms with Crippen molar-refractivity contribution in [3.8, 4) is 0 Å². The number of aliphatic hydroxyl groups is 1. The largest absolute Gasteiger partial charge is 0.396 e. The fourth-order valence-electron chi connectivity index (χ4n) is 2.34. The second-order valence-corrected chi connectivity index (χ2v) is 5.00. The van der Waals surface area contributed by atoms with Gasteiger partial charge >= 0.3 is 0 Å². The van der Waals surface area contributed by atoms with Crippen molar-refractivity contribution in [3.63, 3.8) is 0 Å². The number of anilines is 1. The summed E-state index contributed by atoms with van der Waals surface area (Å²) in [6.07, 6.45) is 2.45. The van der Waals surface area contributed by atoms with Crippen LogP contribution in [-0.4, -0.2) is 34.8 Å². The maximum Gasteiger partial charge on any atom is 0.107 e. The van der Waals surface area contributed by atoms with Crippen molar-refractivity contribution in [3.05, 3.63) is 36.0 Å². The highest BCUT2D eigenvalue weighted by Gasteiger charge is 2.16. The first-order valence-electron chi connectivity index (χ1n) is 6.72. The van der Waals surface area contributed by atoms with E-state index < -0.39 is 0 Å². The maximum atomic E-state index is 9.06. The number of rotatable bonds is 6. The Hall–Kier alpha value is -1.72. The van der Waals surface area contributed by atoms with Gasteiger partial charge in [0.1, 0.15) is 4.99 Å². The first kappa shape index (κ1) is 14.7. The molecule has 0 radical (unpaired) electrons. The van der Waals surface area contributed by atoms with E-state index in [-0.39, 0.29) is 6.61 Å². The number of aliphatic hydroxyl groups excluding tert-OH is 1. The zero-order valence-corrected chi connectivity index (χ0v) is 12.4. The van der Waals surface area contributed by atoms with Gasteiger partial charge in [-0.3, -0.25) is 4.98 Å². The molecule has 0 saturated heterocycles. The SMILES string of the molecule is CCN(CCCO)c1c(C(N)=S)cnc2ccccc12. The van der Waals surface area contributed by atoms with Crippen molar-refractivity contribution >= 4 is 33.8 Å². The molecule has 0 aliphatic heterocycles. The summed E-state index contributed by atoms with van der Waals surface area (Å²) in [5, 5.41) is 10.1. The molecule has 0 saturated carbocycles. The highest BCUT2D eigenvalue weighted by Crippen LogP contribution is 2.29. The van der Waals surface area contributed by atoms with Gasteiger partial charge in [-0.05, 0) is 19.4 Å². The van der Waals surface area contributed by atoms with E-state index >= 15 is 0 Å². The van der Waals surface area contributed by atoms with Crippen LogP contribution in [0.2, 0.25) is 0 Å². The highest BCUT2D eigenvalue weighted by molar-refractivity contribution is 7.80. The standard InChI is InChI=1S/C15H19N3OS/c1-2-18(8-5-9-19)14-11-6-3-4-7-13(11)17-10-12(14)15(16)20/h3-4,6-7,10,19H,2,5,8-9H2,1H3,(H2,16,20). The lowest BCUT2D eigenvalue weighted by atomic mass is 10.1. The summed E-state index contributed by atoms with van der Waals surface area (Å²) in [5.41, 5.74) is 8.57. The van der Waals surface area contributed by atoms with E-state index in [0.717, 1.165) is 35.2 Å². The molecule has 1 heterocycles. The van der Waals surface area contributed by atoms with Gasteiger partial charge in [0.2, 0.25) is 0 Å². The topological polar surface area (TPSA) is 62.4 Å². The molecule has 106 valence electrons. The maximum absolute atomic E-state index is 9.06. The Bertz CT molecular complexity index is 615. The quantitative estimate of drug-likeness (QED) is 0.797. The Labute approximate surface area is 124 Å². The Balaban J connectivity index is 2.61. The first-order valence-corrected chi connectivity index (χ1v) is 7.13. The molecule has 4 nitrogen and oxygen atoms in total. The summed E-state index contributed by atoms with van der Waals surface area (Å²) in [5.74, 6) is 0. The van der Waals surface area contributed by atoms with Crippen molar-refractivity contribution in [1.82, 2.24) is 4.98 Å². The van der Waals surface area contributed by atoms with Crippen molar-refractivity contribution in [2.24, 2.45) is 5.73 Å². The molecule has 2 rings (SSSR count). The number of pyridine rings is 1. The van der Waals surface area contributed by atoms with Crippen molar-refractivity contribution in [1.29, 1.82) is 0 Å². The molecular formula is C15H19N3OS. The third kappa shape index (κ3) is 2.89. The van der Waals surface area contributed by atoms with Gasteiger partial charge in [0.25, 0.3) is 0 Å². The number of nitrogens with zero attached hydrogens (tertiary/aromatic N) is 2. The van der Waals surface area contributed by atoms with E-state index in [1.165, 1.54) is 0 Å². The monoisotopic (exact) mass is 289 g/mol. The number of para-hydroxylation sites is 1. The predicted octanol–water partition coefficient (Wildman–Crippen LogP) is 2.08. The predicted molar refractivity (Wildman–Crippen MR) is 87.2 cm³/mol. The van der Waals surface area contributed by atoms with E-state index in [1.54, 1.807) is 6.20 Å². The molecule has 20 heavy (non-hydrogen) atoms. The highest BCUT2D eigenvalue weighted by atomic mass is 32.1. The number of hydrogen-bond donors (Lipinski definition) is 2. The minimum Gasteiger partial charge on any atom is -0.396 e. The number of benzene rings is 1. The summed E-state index contributed by atoms with van der Waals surface area (Å²) >= 11 is 5.15. The van der Waals surface area contributed by atoms with Crippen LogP contribution in [-0.2, 0) is 0 Å². The lowest BCUT2D eigenvalue weighted by Crippen LogP contribution is -2.28. The molecule has 0 bridgehead atoms. The second kappa shape index (κ2) is 6.63. The van der Waals surface area contributed by atoms with Gasteiger partial charge in [0.05, 0.1) is 16.8 Å². The van der Waals surface area contributed by atoms with Crippen molar-refractivity contribution in [2.45, 2.75) is 13.3 Å². The van der Waals surface area contributed by atoms with Gasteiger partial charge in [-0.15, -0.1) is 0 Å². The van der Waals surface area contributed by atoms with E-state index in [4.69, 9.17) is 23.1 Å². The normalized spacial score (nSPS) is 10.7. The molecule has 0 unspecified atom stereocenters. The Morgan fingerprint density at radius 2 is 2.15 bits per heavy atom. The molecule has 5 heteroatoms. The van der Waals surface area contributed by atoms with Crippen LogP contribution in [0.4, 0.5) is 5.69 Å². The molecule has 2 aromatic rings. The van der Waals surface area contributed by atoms with Gasteiger partial charge in [-0.2, -0.15) is 0 Å².